The highest BCUT2D eigenvalue weighted by Crippen LogP contribution is 2.00. The van der Waals surface area contributed by atoms with Crippen LogP contribution in [-0.2, 0) is 19.5 Å². The first-order valence-corrected chi connectivity index (χ1v) is 6.35. The number of hydrogen-bond donors (Lipinski definition) is 1. The summed E-state index contributed by atoms with van der Waals surface area (Å²) in [6.45, 7) is 6.98. The zero-order chi connectivity index (χ0) is 12.8. The van der Waals surface area contributed by atoms with Gasteiger partial charge in [0, 0.05) is 37.9 Å². The van der Waals surface area contributed by atoms with Crippen molar-refractivity contribution in [2.24, 2.45) is 0 Å². The van der Waals surface area contributed by atoms with Crippen LogP contribution in [0.5, 0.6) is 0 Å². The third-order valence-corrected chi connectivity index (χ3v) is 2.89. The molecule has 6 nitrogen and oxygen atoms in total. The lowest BCUT2D eigenvalue weighted by molar-refractivity contribution is 0.445. The number of hydrogen-bond acceptors (Lipinski definition) is 4. The molecule has 0 aliphatic heterocycles. The van der Waals surface area contributed by atoms with Crippen LogP contribution in [0, 0.1) is 0 Å². The van der Waals surface area contributed by atoms with Gasteiger partial charge in [-0.15, -0.1) is 0 Å². The van der Waals surface area contributed by atoms with E-state index >= 15 is 0 Å². The Hall–Kier alpha value is -1.69. The number of nitrogens with one attached hydrogen (secondary N) is 1. The standard InChI is InChI=1S/C12H20N6/c1-3-12-15-4-6-17(12)8-11(2)14-5-7-18-10-13-9-16-18/h4,6,9-11,14H,3,5,7-8H2,1-2H3/t11-/m1/s1. The smallest absolute Gasteiger partial charge is 0.137 e. The van der Waals surface area contributed by atoms with Gasteiger partial charge >= 0.3 is 0 Å². The Morgan fingerprint density at radius 2 is 2.33 bits per heavy atom. The Morgan fingerprint density at radius 1 is 1.44 bits per heavy atom. The topological polar surface area (TPSA) is 60.6 Å². The Bertz CT molecular complexity index is 447. The van der Waals surface area contributed by atoms with Crippen LogP contribution in [0.1, 0.15) is 19.7 Å². The van der Waals surface area contributed by atoms with Crippen LogP contribution in [0.25, 0.3) is 0 Å². The average molecular weight is 248 g/mol. The molecule has 0 unspecified atom stereocenters. The molecule has 0 radical (unpaired) electrons. The van der Waals surface area contributed by atoms with Crippen LogP contribution in [0.3, 0.4) is 0 Å². The van der Waals surface area contributed by atoms with E-state index in [-0.39, 0.29) is 0 Å². The molecule has 2 aromatic heterocycles. The van der Waals surface area contributed by atoms with E-state index in [1.165, 1.54) is 0 Å². The minimum Gasteiger partial charge on any atom is -0.333 e. The third-order valence-electron chi connectivity index (χ3n) is 2.89. The van der Waals surface area contributed by atoms with Gasteiger partial charge in [0.1, 0.15) is 18.5 Å². The molecule has 1 atom stereocenters. The maximum Gasteiger partial charge on any atom is 0.137 e. The summed E-state index contributed by atoms with van der Waals surface area (Å²) >= 11 is 0. The van der Waals surface area contributed by atoms with Gasteiger partial charge < -0.3 is 9.88 Å². The molecule has 0 spiro atoms. The van der Waals surface area contributed by atoms with E-state index in [0.29, 0.717) is 6.04 Å². The Labute approximate surface area is 107 Å². The molecular formula is C12H20N6. The summed E-state index contributed by atoms with van der Waals surface area (Å²) in [7, 11) is 0. The quantitative estimate of drug-likeness (QED) is 0.784. The largest absolute Gasteiger partial charge is 0.333 e. The zero-order valence-corrected chi connectivity index (χ0v) is 11.0. The maximum atomic E-state index is 4.32. The van der Waals surface area contributed by atoms with Crippen molar-refractivity contribution in [1.82, 2.24) is 29.6 Å². The second-order valence-corrected chi connectivity index (χ2v) is 4.36. The molecule has 2 rings (SSSR count). The summed E-state index contributed by atoms with van der Waals surface area (Å²) in [5, 5.41) is 7.54. The summed E-state index contributed by atoms with van der Waals surface area (Å²) < 4.78 is 4.03. The normalized spacial score (nSPS) is 12.8. The number of nitrogens with zero attached hydrogens (tertiary/aromatic N) is 5. The highest BCUT2D eigenvalue weighted by Gasteiger charge is 2.05. The number of imidazole rings is 1. The molecular weight excluding hydrogens is 228 g/mol. The molecule has 98 valence electrons. The number of aryl methyl sites for hydroxylation is 1. The highest BCUT2D eigenvalue weighted by molar-refractivity contribution is 4.92. The molecule has 6 heteroatoms. The maximum absolute atomic E-state index is 4.32. The van der Waals surface area contributed by atoms with Crippen molar-refractivity contribution in [3.05, 3.63) is 30.9 Å². The summed E-state index contributed by atoms with van der Waals surface area (Å²) in [4.78, 5) is 8.24. The molecule has 2 heterocycles. The molecule has 0 aliphatic rings. The average Bonchev–Trinajstić information content (AvgIpc) is 3.00. The zero-order valence-electron chi connectivity index (χ0n) is 11.0. The van der Waals surface area contributed by atoms with Crippen molar-refractivity contribution in [1.29, 1.82) is 0 Å². The first-order valence-electron chi connectivity index (χ1n) is 6.35. The van der Waals surface area contributed by atoms with Gasteiger partial charge in [-0.25, -0.2) is 9.97 Å². The fraction of sp³-hybridized carbons (Fsp3) is 0.583. The Kier molecular flexibility index (Phi) is 4.46. The van der Waals surface area contributed by atoms with Crippen LogP contribution >= 0.6 is 0 Å². The van der Waals surface area contributed by atoms with Crippen molar-refractivity contribution in [3.63, 3.8) is 0 Å². The van der Waals surface area contributed by atoms with Gasteiger partial charge in [0.2, 0.25) is 0 Å². The predicted octanol–water partition coefficient (Wildman–Crippen LogP) is 0.715. The third kappa shape index (κ3) is 3.40. The van der Waals surface area contributed by atoms with E-state index in [1.807, 2.05) is 17.1 Å². The molecule has 18 heavy (non-hydrogen) atoms. The fourth-order valence-electron chi connectivity index (χ4n) is 1.95. The van der Waals surface area contributed by atoms with Crippen LogP contribution < -0.4 is 5.32 Å². The SMILES string of the molecule is CCc1nccn1C[C@@H](C)NCCn1cncn1. The van der Waals surface area contributed by atoms with Crippen molar-refractivity contribution in [2.45, 2.75) is 39.4 Å². The predicted molar refractivity (Wildman–Crippen MR) is 69.1 cm³/mol. The van der Waals surface area contributed by atoms with Crippen LogP contribution in [0.2, 0.25) is 0 Å². The first-order chi connectivity index (χ1) is 8.79. The lowest BCUT2D eigenvalue weighted by atomic mass is 10.3. The molecule has 0 saturated carbocycles. The van der Waals surface area contributed by atoms with Gasteiger partial charge in [-0.3, -0.25) is 4.68 Å². The fourth-order valence-corrected chi connectivity index (χ4v) is 1.95. The van der Waals surface area contributed by atoms with Crippen molar-refractivity contribution < 1.29 is 0 Å². The second kappa shape index (κ2) is 6.30. The summed E-state index contributed by atoms with van der Waals surface area (Å²) in [5.41, 5.74) is 0. The van der Waals surface area contributed by atoms with Crippen LogP contribution in [0.4, 0.5) is 0 Å². The summed E-state index contributed by atoms with van der Waals surface area (Å²) in [5.74, 6) is 1.14. The number of aromatic nitrogens is 5. The van der Waals surface area contributed by atoms with E-state index in [9.17, 15) is 0 Å². The van der Waals surface area contributed by atoms with Gasteiger partial charge in [-0.1, -0.05) is 6.92 Å². The van der Waals surface area contributed by atoms with Crippen LogP contribution in [-0.4, -0.2) is 36.9 Å². The van der Waals surface area contributed by atoms with Gasteiger partial charge in [0.05, 0.1) is 6.54 Å². The lowest BCUT2D eigenvalue weighted by Crippen LogP contribution is -2.33. The van der Waals surface area contributed by atoms with Crippen molar-refractivity contribution >= 4 is 0 Å². The van der Waals surface area contributed by atoms with E-state index < -0.39 is 0 Å². The molecule has 2 aromatic rings. The second-order valence-electron chi connectivity index (χ2n) is 4.36. The molecule has 0 amide bonds. The monoisotopic (exact) mass is 248 g/mol. The summed E-state index contributed by atoms with van der Waals surface area (Å²) in [6, 6.07) is 0.410. The minimum absolute atomic E-state index is 0.410. The lowest BCUT2D eigenvalue weighted by Gasteiger charge is -2.15. The van der Waals surface area contributed by atoms with Crippen LogP contribution in [0.15, 0.2) is 25.0 Å². The molecule has 0 aliphatic carbocycles. The van der Waals surface area contributed by atoms with E-state index in [1.54, 1.807) is 12.7 Å². The highest BCUT2D eigenvalue weighted by atomic mass is 15.3. The molecule has 0 fully saturated rings. The number of rotatable bonds is 7. The van der Waals surface area contributed by atoms with Crippen molar-refractivity contribution in [3.8, 4) is 0 Å². The molecule has 1 N–H and O–H groups in total. The Morgan fingerprint density at radius 3 is 3.06 bits per heavy atom. The Balaban J connectivity index is 1.73. The molecule has 0 bridgehead atoms. The van der Waals surface area contributed by atoms with Gasteiger partial charge in [0.15, 0.2) is 0 Å². The van der Waals surface area contributed by atoms with Crippen molar-refractivity contribution in [2.75, 3.05) is 6.54 Å². The molecule has 0 aromatic carbocycles. The van der Waals surface area contributed by atoms with Gasteiger partial charge in [0.25, 0.3) is 0 Å². The van der Waals surface area contributed by atoms with E-state index in [0.717, 1.165) is 31.9 Å². The molecule has 0 saturated heterocycles. The van der Waals surface area contributed by atoms with Gasteiger partial charge in [-0.2, -0.15) is 5.10 Å². The van der Waals surface area contributed by atoms with Gasteiger partial charge in [-0.05, 0) is 6.92 Å². The van der Waals surface area contributed by atoms with E-state index in [2.05, 4.69) is 38.8 Å². The van der Waals surface area contributed by atoms with E-state index in [4.69, 9.17) is 0 Å². The minimum atomic E-state index is 0.410. The summed E-state index contributed by atoms with van der Waals surface area (Å²) in [6.07, 6.45) is 8.16. The first kappa shape index (κ1) is 12.8.